The number of amides is 3. The maximum absolute atomic E-state index is 12.5. The molecule has 0 aromatic heterocycles. The second kappa shape index (κ2) is 6.61. The first-order valence-electron chi connectivity index (χ1n) is 7.45. The van der Waals surface area contributed by atoms with Crippen LogP contribution in [0, 0.1) is 11.8 Å². The molecule has 0 N–H and O–H groups in total. The number of hydrogen-bond donors (Lipinski definition) is 0. The summed E-state index contributed by atoms with van der Waals surface area (Å²) in [7, 11) is 0. The molecule has 0 unspecified atom stereocenters. The average Bonchev–Trinajstić information content (AvgIpc) is 2.85. The van der Waals surface area contributed by atoms with Crippen molar-refractivity contribution in [3.8, 4) is 11.8 Å². The fourth-order valence-corrected chi connectivity index (χ4v) is 2.84. The van der Waals surface area contributed by atoms with Crippen LogP contribution in [0.3, 0.4) is 0 Å². The molecule has 0 radical (unpaired) electrons. The molecule has 5 nitrogen and oxygen atoms in total. The summed E-state index contributed by atoms with van der Waals surface area (Å²) < 4.78 is 0. The van der Waals surface area contributed by atoms with Crippen molar-refractivity contribution in [2.75, 3.05) is 0 Å². The molecule has 1 fully saturated rings. The van der Waals surface area contributed by atoms with Gasteiger partial charge in [0.25, 0.3) is 11.8 Å². The Morgan fingerprint density at radius 1 is 0.840 bits per heavy atom. The Hall–Kier alpha value is -2.79. The van der Waals surface area contributed by atoms with E-state index in [0.717, 1.165) is 10.5 Å². The Balaban J connectivity index is 0.00000182. The first-order valence-corrected chi connectivity index (χ1v) is 7.45. The van der Waals surface area contributed by atoms with E-state index in [1.54, 1.807) is 24.3 Å². The van der Waals surface area contributed by atoms with Crippen LogP contribution in [0.25, 0.3) is 5.32 Å². The monoisotopic (exact) mass is 322 g/mol. The van der Waals surface area contributed by atoms with Gasteiger partial charge in [-0.05, 0) is 30.3 Å². The molecule has 4 rings (SSSR count). The second-order valence-corrected chi connectivity index (χ2v) is 5.52. The van der Waals surface area contributed by atoms with E-state index < -0.39 is 29.8 Å². The van der Waals surface area contributed by atoms with Crippen LogP contribution in [-0.4, -0.2) is 34.7 Å². The third-order valence-corrected chi connectivity index (χ3v) is 4.06. The van der Waals surface area contributed by atoms with Gasteiger partial charge < -0.3 is 10.1 Å². The Morgan fingerprint density at radius 3 is 1.96 bits per heavy atom. The molecule has 2 aliphatic heterocycles. The first kappa shape index (κ1) is 17.0. The molecule has 25 heavy (non-hydrogen) atoms. The van der Waals surface area contributed by atoms with Gasteiger partial charge in [-0.2, -0.15) is 0 Å². The summed E-state index contributed by atoms with van der Waals surface area (Å²) in [6.07, 6.45) is 0. The SMILES string of the molecule is O=C1[N-][C@@H](C#Cc2ccccc2)[C@H]1N1C(=O)c2ccccc2C1=O.[Li+]. The van der Waals surface area contributed by atoms with E-state index in [9.17, 15) is 14.4 Å². The van der Waals surface area contributed by atoms with Gasteiger partial charge in [-0.3, -0.25) is 14.5 Å². The molecule has 6 heteroatoms. The number of benzene rings is 2. The number of fused-ring (bicyclic) bond motifs is 1. The molecule has 2 aromatic rings. The van der Waals surface area contributed by atoms with Gasteiger partial charge >= 0.3 is 18.9 Å². The Bertz CT molecular complexity index is 895. The molecule has 2 aromatic carbocycles. The van der Waals surface area contributed by atoms with Gasteiger partial charge in [0.15, 0.2) is 0 Å². The van der Waals surface area contributed by atoms with Crippen LogP contribution in [0.4, 0.5) is 0 Å². The van der Waals surface area contributed by atoms with Crippen LogP contribution in [-0.2, 0) is 4.79 Å². The van der Waals surface area contributed by atoms with Gasteiger partial charge in [-0.25, -0.2) is 0 Å². The largest absolute Gasteiger partial charge is 1.00 e. The van der Waals surface area contributed by atoms with E-state index in [1.807, 2.05) is 30.3 Å². The summed E-state index contributed by atoms with van der Waals surface area (Å²) in [6, 6.07) is 14.2. The standard InChI is InChI=1S/C19H12N2O3.Li/c22-17-16(15(20-17)11-10-12-6-2-1-3-7-12)21-18(23)13-8-4-5-9-14(13)19(21)24;/h1-9,15-16H,(H,20,22);/q;+1/p-1/t15-,16+;/m0./s1. The predicted molar refractivity (Wildman–Crippen MR) is 86.2 cm³/mol. The van der Waals surface area contributed by atoms with Crippen LogP contribution in [0.5, 0.6) is 0 Å². The zero-order valence-electron chi connectivity index (χ0n) is 13.5. The molecule has 0 bridgehead atoms. The molecule has 0 spiro atoms. The average molecular weight is 322 g/mol. The number of carbonyl (C=O) groups is 3. The normalized spacial score (nSPS) is 20.6. The fraction of sp³-hybridized carbons (Fsp3) is 0.105. The van der Waals surface area contributed by atoms with E-state index >= 15 is 0 Å². The van der Waals surface area contributed by atoms with E-state index in [1.165, 1.54) is 0 Å². The minimum Gasteiger partial charge on any atom is -0.637 e. The third kappa shape index (κ3) is 2.76. The van der Waals surface area contributed by atoms with Gasteiger partial charge in [0, 0.05) is 5.56 Å². The van der Waals surface area contributed by atoms with Crippen LogP contribution in [0.15, 0.2) is 54.6 Å². The zero-order chi connectivity index (χ0) is 16.7. The molecular formula is C19H11LiN2O3. The predicted octanol–water partition coefficient (Wildman–Crippen LogP) is -1.01. The van der Waals surface area contributed by atoms with Crippen molar-refractivity contribution < 1.29 is 33.2 Å². The van der Waals surface area contributed by atoms with Crippen LogP contribution >= 0.6 is 0 Å². The van der Waals surface area contributed by atoms with Gasteiger partial charge in [-0.1, -0.05) is 36.3 Å². The first-order chi connectivity index (χ1) is 11.7. The van der Waals surface area contributed by atoms with E-state index in [4.69, 9.17) is 0 Å². The molecule has 2 atom stereocenters. The van der Waals surface area contributed by atoms with Crippen molar-refractivity contribution in [2.45, 2.75) is 12.1 Å². The minimum absolute atomic E-state index is 0. The molecular weight excluding hydrogens is 311 g/mol. The molecule has 3 amide bonds. The summed E-state index contributed by atoms with van der Waals surface area (Å²) >= 11 is 0. The van der Waals surface area contributed by atoms with Gasteiger partial charge in [-0.15, -0.1) is 5.92 Å². The van der Waals surface area contributed by atoms with Crippen molar-refractivity contribution in [3.05, 3.63) is 76.6 Å². The summed E-state index contributed by atoms with van der Waals surface area (Å²) in [6.45, 7) is 0. The van der Waals surface area contributed by atoms with Crippen LogP contribution in [0.2, 0.25) is 0 Å². The number of nitrogens with zero attached hydrogens (tertiary/aromatic N) is 2. The maximum Gasteiger partial charge on any atom is 1.00 e. The number of rotatable bonds is 1. The topological polar surface area (TPSA) is 68.6 Å². The van der Waals surface area contributed by atoms with Crippen molar-refractivity contribution in [2.24, 2.45) is 0 Å². The molecule has 0 saturated carbocycles. The van der Waals surface area contributed by atoms with Gasteiger partial charge in [0.1, 0.15) is 0 Å². The summed E-state index contributed by atoms with van der Waals surface area (Å²) in [5.74, 6) is 4.39. The van der Waals surface area contributed by atoms with Crippen LogP contribution in [0.1, 0.15) is 26.3 Å². The molecule has 1 saturated heterocycles. The summed E-state index contributed by atoms with van der Waals surface area (Å²) in [5.41, 5.74) is 1.42. The number of carbonyl (C=O) groups excluding carboxylic acids is 3. The van der Waals surface area contributed by atoms with Crippen molar-refractivity contribution >= 4 is 17.7 Å². The Kier molecular flexibility index (Phi) is 4.50. The van der Waals surface area contributed by atoms with E-state index in [0.29, 0.717) is 11.1 Å². The summed E-state index contributed by atoms with van der Waals surface area (Å²) in [4.78, 5) is 37.8. The number of hydrogen-bond acceptors (Lipinski definition) is 3. The molecule has 2 aliphatic rings. The summed E-state index contributed by atoms with van der Waals surface area (Å²) in [5, 5.41) is 3.84. The second-order valence-electron chi connectivity index (χ2n) is 5.52. The smallest absolute Gasteiger partial charge is 0.637 e. The maximum atomic E-state index is 12.5. The van der Waals surface area contributed by atoms with Crippen molar-refractivity contribution in [1.29, 1.82) is 0 Å². The third-order valence-electron chi connectivity index (χ3n) is 4.06. The minimum atomic E-state index is -0.936. The zero-order valence-corrected chi connectivity index (χ0v) is 13.5. The molecule has 116 valence electrons. The molecule has 0 aliphatic carbocycles. The van der Waals surface area contributed by atoms with Crippen molar-refractivity contribution in [3.63, 3.8) is 0 Å². The van der Waals surface area contributed by atoms with E-state index in [-0.39, 0.29) is 18.9 Å². The van der Waals surface area contributed by atoms with Crippen LogP contribution < -0.4 is 18.9 Å². The van der Waals surface area contributed by atoms with Crippen molar-refractivity contribution in [1.82, 2.24) is 4.90 Å². The Labute approximate surface area is 156 Å². The van der Waals surface area contributed by atoms with E-state index in [2.05, 4.69) is 17.2 Å². The quantitative estimate of drug-likeness (QED) is 0.292. The number of β-lactam (4-membered cyclic amide) rings is 1. The Morgan fingerprint density at radius 2 is 1.40 bits per heavy atom. The molecule has 2 heterocycles. The number of imide groups is 1. The van der Waals surface area contributed by atoms with Gasteiger partial charge in [0.05, 0.1) is 23.1 Å². The fourth-order valence-electron chi connectivity index (χ4n) is 2.84. The van der Waals surface area contributed by atoms with Gasteiger partial charge in [0.2, 0.25) is 0 Å².